The van der Waals surface area contributed by atoms with E-state index in [-0.39, 0.29) is 18.1 Å². The van der Waals surface area contributed by atoms with Gasteiger partial charge in [0.05, 0.1) is 5.69 Å². The maximum absolute atomic E-state index is 13.0. The van der Waals surface area contributed by atoms with Crippen molar-refractivity contribution in [3.05, 3.63) is 94.6 Å². The van der Waals surface area contributed by atoms with Gasteiger partial charge in [-0.1, -0.05) is 35.9 Å². The Balaban J connectivity index is 1.47. The number of carbonyl (C=O) groups excluding carboxylic acids is 4. The van der Waals surface area contributed by atoms with Gasteiger partial charge in [0.25, 0.3) is 17.7 Å². The third-order valence-corrected chi connectivity index (χ3v) is 5.72. The molecule has 1 aliphatic rings. The van der Waals surface area contributed by atoms with E-state index in [1.54, 1.807) is 48.5 Å². The van der Waals surface area contributed by atoms with Crippen LogP contribution in [0.25, 0.3) is 6.08 Å². The summed E-state index contributed by atoms with van der Waals surface area (Å²) >= 11 is 0. The lowest BCUT2D eigenvalue weighted by Crippen LogP contribution is -2.54. The molecule has 0 atom stereocenters. The van der Waals surface area contributed by atoms with Gasteiger partial charge in [-0.05, 0) is 79.9 Å². The van der Waals surface area contributed by atoms with Crippen molar-refractivity contribution in [1.82, 2.24) is 5.32 Å². The first-order valence-corrected chi connectivity index (χ1v) is 11.3. The van der Waals surface area contributed by atoms with Crippen LogP contribution in [0, 0.1) is 20.8 Å². The molecule has 1 saturated heterocycles. The van der Waals surface area contributed by atoms with Crippen molar-refractivity contribution in [2.24, 2.45) is 0 Å². The third kappa shape index (κ3) is 5.50. The number of imide groups is 2. The summed E-state index contributed by atoms with van der Waals surface area (Å²) in [4.78, 5) is 51.1. The molecule has 1 heterocycles. The Labute approximate surface area is 208 Å². The maximum Gasteiger partial charge on any atom is 0.335 e. The number of hydrogen-bond acceptors (Lipinski definition) is 5. The molecule has 2 N–H and O–H groups in total. The van der Waals surface area contributed by atoms with E-state index in [4.69, 9.17) is 4.74 Å². The van der Waals surface area contributed by atoms with Gasteiger partial charge in [0.1, 0.15) is 11.3 Å². The van der Waals surface area contributed by atoms with Crippen molar-refractivity contribution >= 4 is 41.2 Å². The first-order chi connectivity index (χ1) is 17.2. The van der Waals surface area contributed by atoms with Crippen LogP contribution in [0.4, 0.5) is 16.2 Å². The maximum atomic E-state index is 13.0. The average molecular weight is 484 g/mol. The van der Waals surface area contributed by atoms with Crippen LogP contribution in [0.3, 0.4) is 0 Å². The number of anilines is 2. The molecule has 182 valence electrons. The zero-order valence-corrected chi connectivity index (χ0v) is 20.1. The Morgan fingerprint density at radius 1 is 0.944 bits per heavy atom. The highest BCUT2D eigenvalue weighted by Gasteiger charge is 2.36. The summed E-state index contributed by atoms with van der Waals surface area (Å²) < 4.78 is 5.60. The van der Waals surface area contributed by atoms with Gasteiger partial charge in [0.2, 0.25) is 0 Å². The van der Waals surface area contributed by atoms with Crippen molar-refractivity contribution in [3.8, 4) is 5.75 Å². The van der Waals surface area contributed by atoms with Crippen LogP contribution < -0.4 is 20.3 Å². The first-order valence-electron chi connectivity index (χ1n) is 11.3. The molecule has 0 unspecified atom stereocenters. The number of benzene rings is 3. The third-order valence-electron chi connectivity index (χ3n) is 5.72. The average Bonchev–Trinajstić information content (AvgIpc) is 2.84. The number of aryl methyl sites for hydroxylation is 3. The summed E-state index contributed by atoms with van der Waals surface area (Å²) in [6, 6.07) is 18.3. The van der Waals surface area contributed by atoms with Crippen molar-refractivity contribution in [2.75, 3.05) is 16.8 Å². The predicted molar refractivity (Wildman–Crippen MR) is 137 cm³/mol. The SMILES string of the molecule is Cc1ccc(N2C(=O)NC(=O)C(=Cc3cccc(OCC(=O)Nc4ccc(C)c(C)c4)c3)C2=O)cc1. The minimum absolute atomic E-state index is 0.195. The molecule has 3 aromatic carbocycles. The number of hydrogen-bond donors (Lipinski definition) is 2. The molecule has 8 nitrogen and oxygen atoms in total. The van der Waals surface area contributed by atoms with E-state index >= 15 is 0 Å². The fourth-order valence-corrected chi connectivity index (χ4v) is 3.61. The Morgan fingerprint density at radius 3 is 2.42 bits per heavy atom. The van der Waals surface area contributed by atoms with Crippen molar-refractivity contribution in [1.29, 1.82) is 0 Å². The zero-order valence-electron chi connectivity index (χ0n) is 20.1. The summed E-state index contributed by atoms with van der Waals surface area (Å²) in [5.41, 5.74) is 4.51. The highest BCUT2D eigenvalue weighted by Crippen LogP contribution is 2.23. The number of ether oxygens (including phenoxy) is 1. The van der Waals surface area contributed by atoms with Crippen LogP contribution in [-0.4, -0.2) is 30.4 Å². The number of barbiturate groups is 1. The monoisotopic (exact) mass is 483 g/mol. The highest BCUT2D eigenvalue weighted by molar-refractivity contribution is 6.39. The molecule has 0 aliphatic carbocycles. The van der Waals surface area contributed by atoms with Gasteiger partial charge in [0.15, 0.2) is 6.61 Å². The van der Waals surface area contributed by atoms with Gasteiger partial charge >= 0.3 is 6.03 Å². The number of rotatable bonds is 6. The summed E-state index contributed by atoms with van der Waals surface area (Å²) in [5.74, 6) is -1.45. The molecule has 0 saturated carbocycles. The van der Waals surface area contributed by atoms with E-state index in [1.807, 2.05) is 39.0 Å². The van der Waals surface area contributed by atoms with Gasteiger partial charge in [-0.15, -0.1) is 0 Å². The van der Waals surface area contributed by atoms with E-state index in [0.717, 1.165) is 21.6 Å². The number of nitrogens with zero attached hydrogens (tertiary/aromatic N) is 1. The number of nitrogens with one attached hydrogen (secondary N) is 2. The molecule has 0 spiro atoms. The van der Waals surface area contributed by atoms with E-state index < -0.39 is 17.8 Å². The zero-order chi connectivity index (χ0) is 25.8. The molecule has 5 amide bonds. The molecular weight excluding hydrogens is 458 g/mol. The molecule has 0 aromatic heterocycles. The van der Waals surface area contributed by atoms with E-state index in [2.05, 4.69) is 10.6 Å². The number of urea groups is 1. The van der Waals surface area contributed by atoms with Crippen LogP contribution in [0.2, 0.25) is 0 Å². The minimum atomic E-state index is -0.808. The van der Waals surface area contributed by atoms with E-state index in [0.29, 0.717) is 22.7 Å². The molecular formula is C28H25N3O5. The van der Waals surface area contributed by atoms with Gasteiger partial charge in [0, 0.05) is 5.69 Å². The second-order valence-electron chi connectivity index (χ2n) is 8.50. The quantitative estimate of drug-likeness (QED) is 0.402. The van der Waals surface area contributed by atoms with Gasteiger partial charge in [-0.3, -0.25) is 19.7 Å². The Kier molecular flexibility index (Phi) is 6.96. The minimum Gasteiger partial charge on any atom is -0.484 e. The van der Waals surface area contributed by atoms with Crippen LogP contribution in [0.15, 0.2) is 72.3 Å². The molecule has 0 bridgehead atoms. The van der Waals surface area contributed by atoms with Crippen LogP contribution in [-0.2, 0) is 14.4 Å². The Bertz CT molecular complexity index is 1390. The normalized spacial score (nSPS) is 14.6. The molecule has 8 heteroatoms. The second-order valence-corrected chi connectivity index (χ2v) is 8.50. The van der Waals surface area contributed by atoms with Crippen molar-refractivity contribution in [2.45, 2.75) is 20.8 Å². The molecule has 4 rings (SSSR count). The summed E-state index contributed by atoms with van der Waals surface area (Å²) in [6.45, 7) is 5.63. The smallest absolute Gasteiger partial charge is 0.335 e. The van der Waals surface area contributed by atoms with Gasteiger partial charge in [-0.25, -0.2) is 9.69 Å². The van der Waals surface area contributed by atoms with Crippen LogP contribution in [0.1, 0.15) is 22.3 Å². The lowest BCUT2D eigenvalue weighted by atomic mass is 10.1. The number of carbonyl (C=O) groups is 4. The van der Waals surface area contributed by atoms with Crippen molar-refractivity contribution in [3.63, 3.8) is 0 Å². The lowest BCUT2D eigenvalue weighted by Gasteiger charge is -2.26. The Hall–Kier alpha value is -4.72. The lowest BCUT2D eigenvalue weighted by molar-refractivity contribution is -0.122. The van der Waals surface area contributed by atoms with Crippen LogP contribution in [0.5, 0.6) is 5.75 Å². The highest BCUT2D eigenvalue weighted by atomic mass is 16.5. The second kappa shape index (κ2) is 10.3. The first kappa shape index (κ1) is 24.4. The van der Waals surface area contributed by atoms with E-state index in [9.17, 15) is 19.2 Å². The molecule has 0 radical (unpaired) electrons. The van der Waals surface area contributed by atoms with Gasteiger partial charge in [-0.2, -0.15) is 0 Å². The van der Waals surface area contributed by atoms with Gasteiger partial charge < -0.3 is 10.1 Å². The number of amides is 5. The fraction of sp³-hybridized carbons (Fsp3) is 0.143. The molecule has 1 aliphatic heterocycles. The topological polar surface area (TPSA) is 105 Å². The largest absolute Gasteiger partial charge is 0.484 e. The van der Waals surface area contributed by atoms with Crippen molar-refractivity contribution < 1.29 is 23.9 Å². The fourth-order valence-electron chi connectivity index (χ4n) is 3.61. The van der Waals surface area contributed by atoms with E-state index in [1.165, 1.54) is 6.08 Å². The van der Waals surface area contributed by atoms with Crippen LogP contribution >= 0.6 is 0 Å². The molecule has 36 heavy (non-hydrogen) atoms. The molecule has 3 aromatic rings. The molecule has 1 fully saturated rings. The summed E-state index contributed by atoms with van der Waals surface area (Å²) in [7, 11) is 0. The standard InChI is InChI=1S/C28H25N3O5/c1-17-7-11-22(12-8-17)31-27(34)24(26(33)30-28(31)35)15-20-5-4-6-23(14-20)36-16-25(32)29-21-10-9-18(2)19(3)13-21/h4-15H,16H2,1-3H3,(H,29,32)(H,30,33,35). The Morgan fingerprint density at radius 2 is 1.69 bits per heavy atom. The summed E-state index contributed by atoms with van der Waals surface area (Å²) in [5, 5.41) is 4.99. The summed E-state index contributed by atoms with van der Waals surface area (Å²) in [6.07, 6.45) is 1.38. The predicted octanol–water partition coefficient (Wildman–Crippen LogP) is 4.30.